The number of rotatable bonds is 5. The highest BCUT2D eigenvalue weighted by Crippen LogP contribution is 2.29. The second-order valence-corrected chi connectivity index (χ2v) is 4.80. The van der Waals surface area contributed by atoms with E-state index in [1.807, 2.05) is 0 Å². The van der Waals surface area contributed by atoms with E-state index in [2.05, 4.69) is 15.4 Å². The second kappa shape index (κ2) is 7.67. The summed E-state index contributed by atoms with van der Waals surface area (Å²) in [5.41, 5.74) is 0.714. The van der Waals surface area contributed by atoms with E-state index >= 15 is 0 Å². The monoisotopic (exact) mass is 342 g/mol. The van der Waals surface area contributed by atoms with Crippen molar-refractivity contribution in [3.8, 4) is 5.75 Å². The summed E-state index contributed by atoms with van der Waals surface area (Å²) in [4.78, 5) is 11.8. The van der Waals surface area contributed by atoms with Crippen LogP contribution in [0.25, 0.3) is 0 Å². The van der Waals surface area contributed by atoms with Crippen LogP contribution in [0.5, 0.6) is 5.75 Å². The molecule has 24 heavy (non-hydrogen) atoms. The molecule has 0 saturated heterocycles. The third-order valence-corrected chi connectivity index (χ3v) is 2.97. The molecule has 2 N–H and O–H groups in total. The van der Waals surface area contributed by atoms with Gasteiger partial charge in [0.1, 0.15) is 5.82 Å². The minimum atomic E-state index is -4.85. The Hall–Kier alpha value is -2.77. The Morgan fingerprint density at radius 2 is 1.71 bits per heavy atom. The van der Waals surface area contributed by atoms with Gasteiger partial charge in [0.25, 0.3) is 0 Å². The molecular weight excluding hydrogens is 328 g/mol. The van der Waals surface area contributed by atoms with E-state index in [1.54, 1.807) is 12.1 Å². The van der Waals surface area contributed by atoms with Crippen molar-refractivity contribution in [2.75, 3.05) is 11.9 Å². The average Bonchev–Trinajstić information content (AvgIpc) is 2.50. The minimum absolute atomic E-state index is 0.103. The van der Waals surface area contributed by atoms with Crippen molar-refractivity contribution in [2.45, 2.75) is 12.8 Å². The van der Waals surface area contributed by atoms with Crippen LogP contribution in [0.4, 0.5) is 28.0 Å². The lowest BCUT2D eigenvalue weighted by atomic mass is 10.1. The summed E-state index contributed by atoms with van der Waals surface area (Å²) in [6.07, 6.45) is -4.40. The van der Waals surface area contributed by atoms with Gasteiger partial charge in [-0.25, -0.2) is 9.18 Å². The van der Waals surface area contributed by atoms with Crippen molar-refractivity contribution < 1.29 is 27.1 Å². The number of carbonyl (C=O) groups excluding carboxylic acids is 1. The maximum Gasteiger partial charge on any atom is 0.573 e. The van der Waals surface area contributed by atoms with Crippen LogP contribution < -0.4 is 15.4 Å². The third-order valence-electron chi connectivity index (χ3n) is 2.97. The molecular formula is C16H14F4N2O2. The number of alkyl halides is 3. The first-order chi connectivity index (χ1) is 11.3. The molecule has 8 heteroatoms. The van der Waals surface area contributed by atoms with Gasteiger partial charge >= 0.3 is 12.4 Å². The molecule has 0 spiro atoms. The van der Waals surface area contributed by atoms with Crippen molar-refractivity contribution >= 4 is 11.7 Å². The predicted molar refractivity (Wildman–Crippen MR) is 80.3 cm³/mol. The van der Waals surface area contributed by atoms with Crippen LogP contribution in [0.15, 0.2) is 48.5 Å². The zero-order valence-corrected chi connectivity index (χ0v) is 12.4. The summed E-state index contributed by atoms with van der Waals surface area (Å²) in [6, 6.07) is 10.3. The number of nitrogens with one attached hydrogen (secondary N) is 2. The maximum atomic E-state index is 12.8. The SMILES string of the molecule is O=C(NCCc1ccc(F)cc1)Nc1ccccc1OC(F)(F)F. The Morgan fingerprint density at radius 3 is 2.38 bits per heavy atom. The van der Waals surface area contributed by atoms with Crippen LogP contribution >= 0.6 is 0 Å². The third kappa shape index (κ3) is 5.79. The lowest BCUT2D eigenvalue weighted by Crippen LogP contribution is -2.31. The molecule has 2 aromatic rings. The summed E-state index contributed by atoms with van der Waals surface area (Å²) in [5.74, 6) is -0.857. The van der Waals surface area contributed by atoms with Crippen molar-refractivity contribution in [3.05, 3.63) is 59.9 Å². The standard InChI is InChI=1S/C16H14F4N2O2/c17-12-7-5-11(6-8-12)9-10-21-15(23)22-13-3-1-2-4-14(13)24-16(18,19)20/h1-8H,9-10H2,(H2,21,22,23). The summed E-state index contributed by atoms with van der Waals surface area (Å²) in [7, 11) is 0. The Balaban J connectivity index is 1.87. The van der Waals surface area contributed by atoms with E-state index in [4.69, 9.17) is 0 Å². The number of benzene rings is 2. The van der Waals surface area contributed by atoms with Gasteiger partial charge in [0.15, 0.2) is 5.75 Å². The number of hydrogen-bond donors (Lipinski definition) is 2. The summed E-state index contributed by atoms with van der Waals surface area (Å²) >= 11 is 0. The van der Waals surface area contributed by atoms with Gasteiger partial charge in [-0.05, 0) is 36.2 Å². The van der Waals surface area contributed by atoms with Crippen molar-refractivity contribution in [1.29, 1.82) is 0 Å². The number of hydrogen-bond acceptors (Lipinski definition) is 2. The first kappa shape index (κ1) is 17.6. The van der Waals surface area contributed by atoms with Crippen molar-refractivity contribution in [3.63, 3.8) is 0 Å². The molecule has 0 aromatic heterocycles. The summed E-state index contributed by atoms with van der Waals surface area (Å²) in [6.45, 7) is 0.236. The first-order valence-corrected chi connectivity index (χ1v) is 6.97. The maximum absolute atomic E-state index is 12.8. The van der Waals surface area contributed by atoms with Crippen LogP contribution in [-0.4, -0.2) is 18.9 Å². The van der Waals surface area contributed by atoms with Gasteiger partial charge in [-0.15, -0.1) is 13.2 Å². The van der Waals surface area contributed by atoms with Crippen LogP contribution in [0.3, 0.4) is 0 Å². The summed E-state index contributed by atoms with van der Waals surface area (Å²) < 4.78 is 53.5. The number of urea groups is 1. The lowest BCUT2D eigenvalue weighted by molar-refractivity contribution is -0.274. The van der Waals surface area contributed by atoms with Gasteiger partial charge in [-0.2, -0.15) is 0 Å². The van der Waals surface area contributed by atoms with Crippen molar-refractivity contribution in [2.24, 2.45) is 0 Å². The van der Waals surface area contributed by atoms with E-state index in [-0.39, 0.29) is 18.0 Å². The Labute approximate surface area is 135 Å². The molecule has 0 fully saturated rings. The Bertz CT molecular complexity index is 687. The van der Waals surface area contributed by atoms with Crippen LogP contribution in [0.2, 0.25) is 0 Å². The molecule has 0 radical (unpaired) electrons. The number of para-hydroxylation sites is 2. The van der Waals surface area contributed by atoms with E-state index in [9.17, 15) is 22.4 Å². The highest BCUT2D eigenvalue weighted by atomic mass is 19.4. The molecule has 0 bridgehead atoms. The van der Waals surface area contributed by atoms with Crippen LogP contribution in [0.1, 0.15) is 5.56 Å². The number of ether oxygens (including phenoxy) is 1. The lowest BCUT2D eigenvalue weighted by Gasteiger charge is -2.14. The second-order valence-electron chi connectivity index (χ2n) is 4.80. The molecule has 0 heterocycles. The highest BCUT2D eigenvalue weighted by Gasteiger charge is 2.32. The topological polar surface area (TPSA) is 50.4 Å². The Kier molecular flexibility index (Phi) is 5.62. The minimum Gasteiger partial charge on any atom is -0.404 e. The zero-order chi connectivity index (χ0) is 17.6. The van der Waals surface area contributed by atoms with Gasteiger partial charge in [0.2, 0.25) is 0 Å². The van der Waals surface area contributed by atoms with Gasteiger partial charge in [0, 0.05) is 6.54 Å². The quantitative estimate of drug-likeness (QED) is 0.804. The molecule has 0 atom stereocenters. The molecule has 2 aromatic carbocycles. The average molecular weight is 342 g/mol. The van der Waals surface area contributed by atoms with E-state index in [0.29, 0.717) is 6.42 Å². The van der Waals surface area contributed by atoms with Gasteiger partial charge < -0.3 is 15.4 Å². The van der Waals surface area contributed by atoms with Gasteiger partial charge in [-0.1, -0.05) is 24.3 Å². The smallest absolute Gasteiger partial charge is 0.404 e. The number of anilines is 1. The fourth-order valence-electron chi connectivity index (χ4n) is 1.92. The van der Waals surface area contributed by atoms with E-state index < -0.39 is 18.1 Å². The molecule has 0 unspecified atom stereocenters. The molecule has 0 aliphatic heterocycles. The largest absolute Gasteiger partial charge is 0.573 e. The fraction of sp³-hybridized carbons (Fsp3) is 0.188. The fourth-order valence-corrected chi connectivity index (χ4v) is 1.92. The highest BCUT2D eigenvalue weighted by molar-refractivity contribution is 5.90. The zero-order valence-electron chi connectivity index (χ0n) is 12.4. The van der Waals surface area contributed by atoms with Gasteiger partial charge in [-0.3, -0.25) is 0 Å². The van der Waals surface area contributed by atoms with Crippen LogP contribution in [0, 0.1) is 5.82 Å². The first-order valence-electron chi connectivity index (χ1n) is 6.97. The number of amides is 2. The molecule has 0 saturated carbocycles. The van der Waals surface area contributed by atoms with E-state index in [1.165, 1.54) is 30.3 Å². The summed E-state index contributed by atoms with van der Waals surface area (Å²) in [5, 5.41) is 4.80. The molecule has 128 valence electrons. The predicted octanol–water partition coefficient (Wildman–Crippen LogP) is 4.09. The van der Waals surface area contributed by atoms with Gasteiger partial charge in [0.05, 0.1) is 5.69 Å². The molecule has 2 amide bonds. The molecule has 0 aliphatic carbocycles. The molecule has 2 rings (SSSR count). The number of halogens is 4. The number of carbonyl (C=O) groups is 1. The van der Waals surface area contributed by atoms with E-state index in [0.717, 1.165) is 11.6 Å². The van der Waals surface area contributed by atoms with Crippen LogP contribution in [-0.2, 0) is 6.42 Å². The van der Waals surface area contributed by atoms with Crippen molar-refractivity contribution in [1.82, 2.24) is 5.32 Å². The molecule has 0 aliphatic rings. The molecule has 4 nitrogen and oxygen atoms in total. The Morgan fingerprint density at radius 1 is 1.04 bits per heavy atom. The normalized spacial score (nSPS) is 11.0.